The number of rotatable bonds is 4. The zero-order valence-electron chi connectivity index (χ0n) is 12.5. The summed E-state index contributed by atoms with van der Waals surface area (Å²) >= 11 is 0. The van der Waals surface area contributed by atoms with Crippen molar-refractivity contribution in [3.05, 3.63) is 47.5 Å². The third-order valence-corrected chi connectivity index (χ3v) is 5.41. The van der Waals surface area contributed by atoms with E-state index in [1.165, 1.54) is 20.3 Å². The molecular weight excluding hydrogens is 288 g/mol. The fourth-order valence-corrected chi connectivity index (χ4v) is 3.96. The van der Waals surface area contributed by atoms with Crippen LogP contribution in [0.2, 0.25) is 0 Å². The summed E-state index contributed by atoms with van der Waals surface area (Å²) in [6.45, 7) is 3.52. The number of benzene rings is 2. The van der Waals surface area contributed by atoms with Crippen LogP contribution in [-0.4, -0.2) is 22.6 Å². The van der Waals surface area contributed by atoms with Crippen LogP contribution in [0.3, 0.4) is 0 Å². The minimum Gasteiger partial charge on any atom is -0.493 e. The van der Waals surface area contributed by atoms with E-state index < -0.39 is 9.84 Å². The van der Waals surface area contributed by atoms with E-state index in [1.807, 2.05) is 6.07 Å². The van der Waals surface area contributed by atoms with Crippen LogP contribution in [0.1, 0.15) is 11.1 Å². The lowest BCUT2D eigenvalue weighted by molar-refractivity contribution is 0.353. The Hall–Kier alpha value is -2.01. The third kappa shape index (κ3) is 2.74. The van der Waals surface area contributed by atoms with Crippen molar-refractivity contribution in [2.24, 2.45) is 0 Å². The minimum absolute atomic E-state index is 0.231. The molecule has 2 aromatic rings. The molecule has 0 fully saturated rings. The third-order valence-electron chi connectivity index (χ3n) is 3.35. The van der Waals surface area contributed by atoms with Crippen molar-refractivity contribution in [3.63, 3.8) is 0 Å². The number of ether oxygens (including phenoxy) is 2. The minimum atomic E-state index is -3.59. The molecule has 0 N–H and O–H groups in total. The molecule has 0 radical (unpaired) electrons. The van der Waals surface area contributed by atoms with E-state index in [2.05, 4.69) is 0 Å². The Morgan fingerprint density at radius 2 is 1.38 bits per heavy atom. The molecule has 0 aliphatic carbocycles. The maximum absolute atomic E-state index is 12.8. The predicted molar refractivity (Wildman–Crippen MR) is 80.9 cm³/mol. The van der Waals surface area contributed by atoms with Gasteiger partial charge >= 0.3 is 0 Å². The molecule has 0 aliphatic rings. The van der Waals surface area contributed by atoms with Crippen LogP contribution in [0, 0.1) is 13.8 Å². The molecule has 0 bridgehead atoms. The van der Waals surface area contributed by atoms with Gasteiger partial charge in [-0.05, 0) is 37.1 Å². The van der Waals surface area contributed by atoms with Gasteiger partial charge < -0.3 is 9.47 Å². The first-order chi connectivity index (χ1) is 9.91. The normalized spacial score (nSPS) is 11.2. The molecular formula is C16H18O4S. The highest BCUT2D eigenvalue weighted by Gasteiger charge is 2.23. The first-order valence-electron chi connectivity index (χ1n) is 6.45. The van der Waals surface area contributed by atoms with E-state index in [0.717, 1.165) is 0 Å². The molecule has 5 heteroatoms. The largest absolute Gasteiger partial charge is 0.493 e. The van der Waals surface area contributed by atoms with E-state index in [9.17, 15) is 8.42 Å². The molecule has 0 amide bonds. The Morgan fingerprint density at radius 1 is 0.810 bits per heavy atom. The van der Waals surface area contributed by atoms with E-state index in [4.69, 9.17) is 9.47 Å². The van der Waals surface area contributed by atoms with Gasteiger partial charge in [-0.1, -0.05) is 18.2 Å². The van der Waals surface area contributed by atoms with Gasteiger partial charge in [-0.25, -0.2) is 8.42 Å². The van der Waals surface area contributed by atoms with Crippen LogP contribution in [0.15, 0.2) is 46.2 Å². The maximum Gasteiger partial charge on any atom is 0.207 e. The van der Waals surface area contributed by atoms with Gasteiger partial charge in [0.05, 0.1) is 24.0 Å². The number of aryl methyl sites for hydroxylation is 2. The van der Waals surface area contributed by atoms with Gasteiger partial charge in [0.1, 0.15) is 0 Å². The number of methoxy groups -OCH3 is 2. The van der Waals surface area contributed by atoms with E-state index in [1.54, 1.807) is 38.1 Å². The summed E-state index contributed by atoms with van der Waals surface area (Å²) in [5, 5.41) is 0. The predicted octanol–water partition coefficient (Wildman–Crippen LogP) is 3.15. The van der Waals surface area contributed by atoms with Gasteiger partial charge in [0.2, 0.25) is 9.84 Å². The Bertz CT molecular complexity index is 764. The van der Waals surface area contributed by atoms with Gasteiger partial charge in [0, 0.05) is 6.07 Å². The molecule has 4 nitrogen and oxygen atoms in total. The highest BCUT2D eigenvalue weighted by atomic mass is 32.2. The van der Waals surface area contributed by atoms with Gasteiger partial charge in [-0.2, -0.15) is 0 Å². The first-order valence-corrected chi connectivity index (χ1v) is 7.93. The highest BCUT2D eigenvalue weighted by molar-refractivity contribution is 7.91. The van der Waals surface area contributed by atoms with Gasteiger partial charge in [0.15, 0.2) is 11.5 Å². The van der Waals surface area contributed by atoms with Crippen LogP contribution in [0.25, 0.3) is 0 Å². The second kappa shape index (κ2) is 5.77. The molecule has 21 heavy (non-hydrogen) atoms. The van der Waals surface area contributed by atoms with Crippen LogP contribution >= 0.6 is 0 Å². The quantitative estimate of drug-likeness (QED) is 0.870. The Kier molecular flexibility index (Phi) is 4.23. The molecule has 112 valence electrons. The fraction of sp³-hybridized carbons (Fsp3) is 0.250. The summed E-state index contributed by atoms with van der Waals surface area (Å²) in [5.74, 6) is 0.911. The lowest BCUT2D eigenvalue weighted by atomic mass is 10.2. The molecule has 2 rings (SSSR count). The van der Waals surface area contributed by atoms with Crippen molar-refractivity contribution in [2.75, 3.05) is 14.2 Å². The van der Waals surface area contributed by atoms with Crippen LogP contribution < -0.4 is 9.47 Å². The standard InChI is InChI=1S/C16H18O4S/c1-11-7-5-6-8-15(11)21(17,18)16-10-14(20-4)13(19-3)9-12(16)2/h5-10H,1-4H3. The molecule has 0 aromatic heterocycles. The summed E-state index contributed by atoms with van der Waals surface area (Å²) in [6.07, 6.45) is 0. The number of hydrogen-bond donors (Lipinski definition) is 0. The summed E-state index contributed by atoms with van der Waals surface area (Å²) in [6, 6.07) is 10.1. The molecule has 0 saturated carbocycles. The van der Waals surface area contributed by atoms with Crippen LogP contribution in [0.4, 0.5) is 0 Å². The zero-order valence-corrected chi connectivity index (χ0v) is 13.3. The van der Waals surface area contributed by atoms with E-state index >= 15 is 0 Å². The lowest BCUT2D eigenvalue weighted by Crippen LogP contribution is -2.07. The second-order valence-corrected chi connectivity index (χ2v) is 6.63. The lowest BCUT2D eigenvalue weighted by Gasteiger charge is -2.14. The Balaban J connectivity index is 2.69. The van der Waals surface area contributed by atoms with Crippen molar-refractivity contribution in [2.45, 2.75) is 23.6 Å². The molecule has 0 heterocycles. The maximum atomic E-state index is 12.8. The van der Waals surface area contributed by atoms with Gasteiger partial charge in [-0.15, -0.1) is 0 Å². The zero-order chi connectivity index (χ0) is 15.6. The summed E-state index contributed by atoms with van der Waals surface area (Å²) in [7, 11) is -0.589. The number of sulfone groups is 1. The van der Waals surface area contributed by atoms with Gasteiger partial charge in [-0.3, -0.25) is 0 Å². The van der Waals surface area contributed by atoms with Crippen molar-refractivity contribution in [1.29, 1.82) is 0 Å². The van der Waals surface area contributed by atoms with Crippen molar-refractivity contribution in [1.82, 2.24) is 0 Å². The monoisotopic (exact) mass is 306 g/mol. The molecule has 0 saturated heterocycles. The Labute approximate surface area is 125 Å². The Morgan fingerprint density at radius 3 is 1.95 bits per heavy atom. The summed E-state index contributed by atoms with van der Waals surface area (Å²) < 4.78 is 36.1. The summed E-state index contributed by atoms with van der Waals surface area (Å²) in [4.78, 5) is 0.537. The number of hydrogen-bond acceptors (Lipinski definition) is 4. The fourth-order valence-electron chi connectivity index (χ4n) is 2.23. The van der Waals surface area contributed by atoms with Crippen molar-refractivity contribution in [3.8, 4) is 11.5 Å². The average molecular weight is 306 g/mol. The molecule has 0 unspecified atom stereocenters. The summed E-state index contributed by atoms with van der Waals surface area (Å²) in [5.41, 5.74) is 1.34. The first kappa shape index (κ1) is 15.4. The smallest absolute Gasteiger partial charge is 0.207 e. The molecule has 0 aliphatic heterocycles. The van der Waals surface area contributed by atoms with Crippen molar-refractivity contribution < 1.29 is 17.9 Å². The van der Waals surface area contributed by atoms with Crippen LogP contribution in [0.5, 0.6) is 11.5 Å². The molecule has 2 aromatic carbocycles. The average Bonchev–Trinajstić information content (AvgIpc) is 2.46. The second-order valence-electron chi connectivity index (χ2n) is 4.74. The topological polar surface area (TPSA) is 52.6 Å². The van der Waals surface area contributed by atoms with Gasteiger partial charge in [0.25, 0.3) is 0 Å². The van der Waals surface area contributed by atoms with E-state index in [-0.39, 0.29) is 4.90 Å². The molecule has 0 atom stereocenters. The van der Waals surface area contributed by atoms with Crippen LogP contribution in [-0.2, 0) is 9.84 Å². The highest BCUT2D eigenvalue weighted by Crippen LogP contribution is 2.35. The molecule has 0 spiro atoms. The van der Waals surface area contributed by atoms with Crippen molar-refractivity contribution >= 4 is 9.84 Å². The van der Waals surface area contributed by atoms with E-state index in [0.29, 0.717) is 27.5 Å². The SMILES string of the molecule is COc1cc(C)c(S(=O)(=O)c2ccccc2C)cc1OC.